The lowest BCUT2D eigenvalue weighted by Crippen LogP contribution is -2.30. The molecule has 0 aliphatic rings. The minimum Gasteiger partial charge on any atom is -0.478 e. The summed E-state index contributed by atoms with van der Waals surface area (Å²) in [5.74, 6) is -0.790. The molecule has 2 aromatic carbocycles. The van der Waals surface area contributed by atoms with Gasteiger partial charge < -0.3 is 10.1 Å². The van der Waals surface area contributed by atoms with Crippen molar-refractivity contribution in [3.05, 3.63) is 57.8 Å². The second-order valence-electron chi connectivity index (χ2n) is 5.14. The third-order valence-electron chi connectivity index (χ3n) is 3.21. The molecule has 1 N–H and O–H groups in total. The number of hydrogen-bond acceptors (Lipinski definition) is 2. The van der Waals surface area contributed by atoms with Gasteiger partial charge in [-0.1, -0.05) is 33.6 Å². The fourth-order valence-corrected chi connectivity index (χ4v) is 2.34. The van der Waals surface area contributed by atoms with E-state index in [0.29, 0.717) is 4.47 Å². The minimum atomic E-state index is -0.809. The number of nitrogens with one attached hydrogen (secondary N) is 1. The van der Waals surface area contributed by atoms with Crippen LogP contribution in [0.3, 0.4) is 0 Å². The summed E-state index contributed by atoms with van der Waals surface area (Å²) in [5.41, 5.74) is 2.81. The maximum Gasteiger partial charge on any atom is 0.265 e. The van der Waals surface area contributed by atoms with Gasteiger partial charge in [0.2, 0.25) is 0 Å². The Morgan fingerprint density at radius 3 is 2.59 bits per heavy atom. The zero-order valence-corrected chi connectivity index (χ0v) is 14.2. The van der Waals surface area contributed by atoms with Gasteiger partial charge in [-0.15, -0.1) is 0 Å². The van der Waals surface area contributed by atoms with E-state index in [9.17, 15) is 9.18 Å². The monoisotopic (exact) mass is 365 g/mol. The van der Waals surface area contributed by atoms with Crippen molar-refractivity contribution in [1.82, 2.24) is 0 Å². The molecule has 0 radical (unpaired) electrons. The van der Waals surface area contributed by atoms with E-state index in [1.807, 2.05) is 32.0 Å². The zero-order chi connectivity index (χ0) is 16.3. The van der Waals surface area contributed by atoms with E-state index in [1.54, 1.807) is 13.0 Å². The van der Waals surface area contributed by atoms with E-state index < -0.39 is 11.9 Å². The third kappa shape index (κ3) is 4.07. The highest BCUT2D eigenvalue weighted by atomic mass is 79.9. The maximum atomic E-state index is 13.7. The molecule has 1 amide bonds. The van der Waals surface area contributed by atoms with E-state index in [0.717, 1.165) is 16.8 Å². The van der Waals surface area contributed by atoms with Crippen molar-refractivity contribution < 1.29 is 13.9 Å². The van der Waals surface area contributed by atoms with Crippen molar-refractivity contribution in [2.24, 2.45) is 0 Å². The van der Waals surface area contributed by atoms with Crippen molar-refractivity contribution in [3.63, 3.8) is 0 Å². The van der Waals surface area contributed by atoms with Crippen molar-refractivity contribution in [3.8, 4) is 5.75 Å². The van der Waals surface area contributed by atoms with Crippen LogP contribution in [-0.2, 0) is 4.79 Å². The van der Waals surface area contributed by atoms with E-state index in [4.69, 9.17) is 4.74 Å². The van der Waals surface area contributed by atoms with Gasteiger partial charge in [0.25, 0.3) is 5.91 Å². The zero-order valence-electron chi connectivity index (χ0n) is 12.6. The van der Waals surface area contributed by atoms with Crippen LogP contribution in [0.4, 0.5) is 10.1 Å². The van der Waals surface area contributed by atoms with Crippen LogP contribution in [0.5, 0.6) is 5.75 Å². The number of hydrogen-bond donors (Lipinski definition) is 1. The lowest BCUT2D eigenvalue weighted by Gasteiger charge is -2.16. The fraction of sp³-hybridized carbons (Fsp3) is 0.235. The van der Waals surface area contributed by atoms with Gasteiger partial charge in [0.05, 0.1) is 0 Å². The molecule has 0 saturated carbocycles. The Labute approximate surface area is 137 Å². The molecule has 2 rings (SSSR count). The molecule has 0 fully saturated rings. The third-order valence-corrected chi connectivity index (χ3v) is 3.70. The molecule has 0 aromatic heterocycles. The molecule has 0 bridgehead atoms. The van der Waals surface area contributed by atoms with Crippen LogP contribution >= 0.6 is 15.9 Å². The maximum absolute atomic E-state index is 13.7. The Morgan fingerprint density at radius 2 is 1.95 bits per heavy atom. The van der Waals surface area contributed by atoms with Crippen LogP contribution in [0, 0.1) is 19.7 Å². The number of aryl methyl sites for hydroxylation is 2. The highest BCUT2D eigenvalue weighted by Gasteiger charge is 2.17. The smallest absolute Gasteiger partial charge is 0.265 e. The Morgan fingerprint density at radius 1 is 1.23 bits per heavy atom. The Balaban J connectivity index is 2.05. The Hall–Kier alpha value is -1.88. The topological polar surface area (TPSA) is 38.3 Å². The lowest BCUT2D eigenvalue weighted by molar-refractivity contribution is -0.122. The van der Waals surface area contributed by atoms with Crippen LogP contribution in [0.15, 0.2) is 40.9 Å². The van der Waals surface area contributed by atoms with E-state index in [1.165, 1.54) is 12.1 Å². The van der Waals surface area contributed by atoms with Gasteiger partial charge in [-0.2, -0.15) is 0 Å². The van der Waals surface area contributed by atoms with Gasteiger partial charge in [-0.3, -0.25) is 4.79 Å². The summed E-state index contributed by atoms with van der Waals surface area (Å²) in [4.78, 5) is 12.2. The van der Waals surface area contributed by atoms with Crippen LogP contribution in [0.1, 0.15) is 18.1 Å². The van der Waals surface area contributed by atoms with Crippen LogP contribution in [-0.4, -0.2) is 12.0 Å². The van der Waals surface area contributed by atoms with E-state index >= 15 is 0 Å². The van der Waals surface area contributed by atoms with Gasteiger partial charge >= 0.3 is 0 Å². The molecule has 0 aliphatic heterocycles. The molecule has 0 heterocycles. The molecule has 0 aliphatic carbocycles. The summed E-state index contributed by atoms with van der Waals surface area (Å²) in [7, 11) is 0. The normalized spacial score (nSPS) is 11.9. The number of amides is 1. The summed E-state index contributed by atoms with van der Waals surface area (Å²) in [6.45, 7) is 5.49. The quantitative estimate of drug-likeness (QED) is 0.858. The summed E-state index contributed by atoms with van der Waals surface area (Å²) in [5, 5.41) is 2.79. The average molecular weight is 366 g/mol. The molecule has 0 saturated heterocycles. The SMILES string of the molecule is Cc1ccc(NC(=O)[C@H](C)Oc2ccc(Br)cc2F)c(C)c1. The highest BCUT2D eigenvalue weighted by molar-refractivity contribution is 9.10. The van der Waals surface area contributed by atoms with Gasteiger partial charge in [0.15, 0.2) is 17.7 Å². The lowest BCUT2D eigenvalue weighted by atomic mass is 10.1. The summed E-state index contributed by atoms with van der Waals surface area (Å²) in [6.07, 6.45) is -0.809. The molecule has 116 valence electrons. The molecule has 0 unspecified atom stereocenters. The number of halogens is 2. The molecule has 0 spiro atoms. The molecule has 22 heavy (non-hydrogen) atoms. The van der Waals surface area contributed by atoms with Crippen LogP contribution in [0.25, 0.3) is 0 Å². The van der Waals surface area contributed by atoms with E-state index in [-0.39, 0.29) is 11.7 Å². The average Bonchev–Trinajstić information content (AvgIpc) is 2.44. The molecular formula is C17H17BrFNO2. The molecule has 5 heteroatoms. The number of anilines is 1. The number of rotatable bonds is 4. The predicted octanol–water partition coefficient (Wildman–Crippen LogP) is 4.61. The number of benzene rings is 2. The van der Waals surface area contributed by atoms with Gasteiger partial charge in [0.1, 0.15) is 0 Å². The minimum absolute atomic E-state index is 0.0477. The van der Waals surface area contributed by atoms with Gasteiger partial charge in [-0.25, -0.2) is 4.39 Å². The first-order chi connectivity index (χ1) is 10.4. The summed E-state index contributed by atoms with van der Waals surface area (Å²) >= 11 is 3.17. The van der Waals surface area contributed by atoms with E-state index in [2.05, 4.69) is 21.2 Å². The number of carbonyl (C=O) groups excluding carboxylic acids is 1. The fourth-order valence-electron chi connectivity index (χ4n) is 2.00. The number of ether oxygens (including phenoxy) is 1. The predicted molar refractivity (Wildman–Crippen MR) is 88.7 cm³/mol. The van der Waals surface area contributed by atoms with Crippen molar-refractivity contribution in [2.45, 2.75) is 26.9 Å². The summed E-state index contributed by atoms with van der Waals surface area (Å²) in [6, 6.07) is 10.2. The molecule has 2 aromatic rings. The molecule has 1 atom stereocenters. The standard InChI is InChI=1S/C17H17BrFNO2/c1-10-4-6-15(11(2)8-10)20-17(21)12(3)22-16-7-5-13(18)9-14(16)19/h4-9,12H,1-3H3,(H,20,21)/t12-/m0/s1. The Kier molecular flexibility index (Phi) is 5.19. The molecule has 3 nitrogen and oxygen atoms in total. The van der Waals surface area contributed by atoms with Crippen molar-refractivity contribution in [2.75, 3.05) is 5.32 Å². The van der Waals surface area contributed by atoms with Gasteiger partial charge in [-0.05, 0) is 50.6 Å². The van der Waals surface area contributed by atoms with Gasteiger partial charge in [0, 0.05) is 10.2 Å². The first-order valence-corrected chi connectivity index (χ1v) is 7.66. The second-order valence-corrected chi connectivity index (χ2v) is 6.06. The Bertz CT molecular complexity index is 703. The first-order valence-electron chi connectivity index (χ1n) is 6.86. The highest BCUT2D eigenvalue weighted by Crippen LogP contribution is 2.23. The van der Waals surface area contributed by atoms with Crippen LogP contribution < -0.4 is 10.1 Å². The number of carbonyl (C=O) groups is 1. The first kappa shape index (κ1) is 16.5. The van der Waals surface area contributed by atoms with Crippen molar-refractivity contribution >= 4 is 27.5 Å². The largest absolute Gasteiger partial charge is 0.478 e. The second kappa shape index (κ2) is 6.92. The molecular weight excluding hydrogens is 349 g/mol. The van der Waals surface area contributed by atoms with Crippen LogP contribution in [0.2, 0.25) is 0 Å². The van der Waals surface area contributed by atoms with Crippen molar-refractivity contribution in [1.29, 1.82) is 0 Å². The summed E-state index contributed by atoms with van der Waals surface area (Å²) < 4.78 is 19.7.